The first kappa shape index (κ1) is 20.0. The fourth-order valence-electron chi connectivity index (χ4n) is 2.49. The number of methoxy groups -OCH3 is 2. The van der Waals surface area contributed by atoms with E-state index in [1.54, 1.807) is 56.0 Å². The average Bonchev–Trinajstić information content (AvgIpc) is 3.20. The maximum atomic E-state index is 12.2. The molecule has 1 amide bonds. The minimum Gasteiger partial charge on any atom is -0.497 e. The minimum absolute atomic E-state index is 0.0107. The second-order valence-electron chi connectivity index (χ2n) is 5.77. The Balaban J connectivity index is 1.67. The first-order valence-corrected chi connectivity index (χ1v) is 9.29. The Hall–Kier alpha value is -3.72. The number of thiazole rings is 1. The van der Waals surface area contributed by atoms with Crippen LogP contribution < -0.4 is 14.8 Å². The van der Waals surface area contributed by atoms with E-state index in [0.29, 0.717) is 22.3 Å². The van der Waals surface area contributed by atoms with Gasteiger partial charge in [0.2, 0.25) is 5.91 Å². The first-order chi connectivity index (χ1) is 14.0. The van der Waals surface area contributed by atoms with Gasteiger partial charge in [-0.15, -0.1) is 11.3 Å². The molecule has 0 atom stereocenters. The van der Waals surface area contributed by atoms with Gasteiger partial charge in [0.15, 0.2) is 5.13 Å². The maximum Gasteiger partial charge on any atom is 0.269 e. The predicted octanol–water partition coefficient (Wildman–Crippen LogP) is 4.39. The van der Waals surface area contributed by atoms with E-state index < -0.39 is 4.92 Å². The summed E-state index contributed by atoms with van der Waals surface area (Å²) in [6.07, 6.45) is 3.02. The van der Waals surface area contributed by atoms with Crippen molar-refractivity contribution in [1.82, 2.24) is 4.98 Å². The highest BCUT2D eigenvalue weighted by molar-refractivity contribution is 7.14. The molecule has 148 valence electrons. The van der Waals surface area contributed by atoms with Crippen molar-refractivity contribution in [2.24, 2.45) is 0 Å². The van der Waals surface area contributed by atoms with Crippen molar-refractivity contribution < 1.29 is 19.2 Å². The second kappa shape index (κ2) is 8.98. The normalized spacial score (nSPS) is 10.7. The van der Waals surface area contributed by atoms with Crippen molar-refractivity contribution in [2.45, 2.75) is 0 Å². The summed E-state index contributed by atoms with van der Waals surface area (Å²) in [6.45, 7) is 0. The number of anilines is 1. The molecule has 3 aromatic rings. The lowest BCUT2D eigenvalue weighted by Gasteiger charge is -2.07. The number of aromatic nitrogens is 1. The molecule has 9 heteroatoms. The van der Waals surface area contributed by atoms with Crippen LogP contribution in [-0.2, 0) is 4.79 Å². The molecule has 0 bridgehead atoms. The number of nitro benzene ring substituents is 1. The Morgan fingerprint density at radius 1 is 1.17 bits per heavy atom. The standard InChI is InChI=1S/C20H17N3O5S/c1-27-16-9-5-14(18(11-16)28-2)6-10-19(24)22-20-21-17(12-29-20)13-3-7-15(8-4-13)23(25)26/h3-12H,1-2H3,(H,21,22,24)/b10-6+. The number of carbonyl (C=O) groups is 1. The van der Waals surface area contributed by atoms with Crippen molar-refractivity contribution in [3.8, 4) is 22.8 Å². The van der Waals surface area contributed by atoms with Crippen LogP contribution in [0, 0.1) is 10.1 Å². The molecular formula is C20H17N3O5S. The van der Waals surface area contributed by atoms with E-state index in [4.69, 9.17) is 9.47 Å². The van der Waals surface area contributed by atoms with Gasteiger partial charge in [0, 0.05) is 40.8 Å². The number of non-ortho nitro benzene ring substituents is 1. The van der Waals surface area contributed by atoms with Crippen molar-refractivity contribution in [2.75, 3.05) is 19.5 Å². The molecule has 0 spiro atoms. The maximum absolute atomic E-state index is 12.2. The van der Waals surface area contributed by atoms with E-state index >= 15 is 0 Å². The molecule has 2 aromatic carbocycles. The monoisotopic (exact) mass is 411 g/mol. The number of hydrogen-bond acceptors (Lipinski definition) is 7. The molecule has 8 nitrogen and oxygen atoms in total. The predicted molar refractivity (Wildman–Crippen MR) is 111 cm³/mol. The molecule has 0 aliphatic heterocycles. The zero-order valence-electron chi connectivity index (χ0n) is 15.6. The number of amides is 1. The third-order valence-corrected chi connectivity index (χ3v) is 4.72. The van der Waals surface area contributed by atoms with Crippen LogP contribution in [0.15, 0.2) is 53.9 Å². The third kappa shape index (κ3) is 4.96. The van der Waals surface area contributed by atoms with Crippen LogP contribution in [0.1, 0.15) is 5.56 Å². The van der Waals surface area contributed by atoms with Gasteiger partial charge in [0.25, 0.3) is 5.69 Å². The molecule has 29 heavy (non-hydrogen) atoms. The van der Waals surface area contributed by atoms with Crippen molar-refractivity contribution in [3.63, 3.8) is 0 Å². The van der Waals surface area contributed by atoms with Crippen molar-refractivity contribution >= 4 is 34.1 Å². The highest BCUT2D eigenvalue weighted by atomic mass is 32.1. The quantitative estimate of drug-likeness (QED) is 0.351. The zero-order valence-corrected chi connectivity index (χ0v) is 16.4. The van der Waals surface area contributed by atoms with Crippen LogP contribution in [0.3, 0.4) is 0 Å². The average molecular weight is 411 g/mol. The van der Waals surface area contributed by atoms with Gasteiger partial charge in [-0.05, 0) is 30.3 Å². The smallest absolute Gasteiger partial charge is 0.269 e. The van der Waals surface area contributed by atoms with E-state index in [0.717, 1.165) is 11.1 Å². The lowest BCUT2D eigenvalue weighted by molar-refractivity contribution is -0.384. The highest BCUT2D eigenvalue weighted by Gasteiger charge is 2.09. The van der Waals surface area contributed by atoms with E-state index in [1.165, 1.54) is 29.5 Å². The zero-order chi connectivity index (χ0) is 20.8. The van der Waals surface area contributed by atoms with Gasteiger partial charge < -0.3 is 9.47 Å². The molecule has 0 fully saturated rings. The number of hydrogen-bond donors (Lipinski definition) is 1. The summed E-state index contributed by atoms with van der Waals surface area (Å²) in [6, 6.07) is 11.4. The number of rotatable bonds is 7. The van der Waals surface area contributed by atoms with Gasteiger partial charge in [-0.25, -0.2) is 4.98 Å². The number of ether oxygens (including phenoxy) is 2. The molecule has 0 aliphatic carbocycles. The summed E-state index contributed by atoms with van der Waals surface area (Å²) in [5.41, 5.74) is 2.10. The summed E-state index contributed by atoms with van der Waals surface area (Å²) in [5, 5.41) is 15.6. The van der Waals surface area contributed by atoms with Crippen LogP contribution in [0.25, 0.3) is 17.3 Å². The van der Waals surface area contributed by atoms with Gasteiger partial charge in [-0.3, -0.25) is 20.2 Å². The molecule has 0 radical (unpaired) electrons. The second-order valence-corrected chi connectivity index (χ2v) is 6.63. The Bertz CT molecular complexity index is 1060. The summed E-state index contributed by atoms with van der Waals surface area (Å²) in [7, 11) is 3.11. The number of benzene rings is 2. The summed E-state index contributed by atoms with van der Waals surface area (Å²) >= 11 is 1.27. The lowest BCUT2D eigenvalue weighted by Crippen LogP contribution is -2.07. The number of nitrogens with zero attached hydrogens (tertiary/aromatic N) is 2. The summed E-state index contributed by atoms with van der Waals surface area (Å²) < 4.78 is 10.4. The third-order valence-electron chi connectivity index (χ3n) is 3.96. The topological polar surface area (TPSA) is 104 Å². The highest BCUT2D eigenvalue weighted by Crippen LogP contribution is 2.27. The fourth-order valence-corrected chi connectivity index (χ4v) is 3.21. The molecule has 1 N–H and O–H groups in total. The van der Waals surface area contributed by atoms with Gasteiger partial charge in [-0.1, -0.05) is 0 Å². The van der Waals surface area contributed by atoms with Gasteiger partial charge in [0.05, 0.1) is 24.8 Å². The molecule has 0 saturated carbocycles. The van der Waals surface area contributed by atoms with E-state index in [-0.39, 0.29) is 11.6 Å². The number of nitro groups is 1. The van der Waals surface area contributed by atoms with E-state index in [2.05, 4.69) is 10.3 Å². The molecule has 1 heterocycles. The largest absolute Gasteiger partial charge is 0.497 e. The fraction of sp³-hybridized carbons (Fsp3) is 0.100. The van der Waals surface area contributed by atoms with Gasteiger partial charge in [0.1, 0.15) is 11.5 Å². The molecule has 0 unspecified atom stereocenters. The van der Waals surface area contributed by atoms with Crippen LogP contribution in [0.5, 0.6) is 11.5 Å². The molecule has 1 aromatic heterocycles. The number of carbonyl (C=O) groups excluding carboxylic acids is 1. The Labute approximate surface area is 170 Å². The SMILES string of the molecule is COc1ccc(/C=C/C(=O)Nc2nc(-c3ccc([N+](=O)[O-])cc3)cs2)c(OC)c1. The molecule has 3 rings (SSSR count). The molecular weight excluding hydrogens is 394 g/mol. The van der Waals surface area contributed by atoms with E-state index in [9.17, 15) is 14.9 Å². The van der Waals surface area contributed by atoms with E-state index in [1.807, 2.05) is 0 Å². The van der Waals surface area contributed by atoms with Crippen LogP contribution in [0.2, 0.25) is 0 Å². The van der Waals surface area contributed by atoms with Crippen LogP contribution in [0.4, 0.5) is 10.8 Å². The molecule has 0 saturated heterocycles. The van der Waals surface area contributed by atoms with Gasteiger partial charge in [-0.2, -0.15) is 0 Å². The van der Waals surface area contributed by atoms with Gasteiger partial charge >= 0.3 is 0 Å². The molecule has 0 aliphatic rings. The summed E-state index contributed by atoms with van der Waals surface area (Å²) in [4.78, 5) is 26.8. The first-order valence-electron chi connectivity index (χ1n) is 8.41. The van der Waals surface area contributed by atoms with Crippen LogP contribution in [-0.4, -0.2) is 30.0 Å². The van der Waals surface area contributed by atoms with Crippen LogP contribution >= 0.6 is 11.3 Å². The van der Waals surface area contributed by atoms with Crippen molar-refractivity contribution in [1.29, 1.82) is 0 Å². The van der Waals surface area contributed by atoms with Crippen molar-refractivity contribution in [3.05, 3.63) is 69.6 Å². The number of nitrogens with one attached hydrogen (secondary N) is 1. The Kier molecular flexibility index (Phi) is 6.20. The Morgan fingerprint density at radius 3 is 2.59 bits per heavy atom. The minimum atomic E-state index is -0.458. The lowest BCUT2D eigenvalue weighted by atomic mass is 10.1. The Morgan fingerprint density at radius 2 is 1.93 bits per heavy atom. The summed E-state index contributed by atoms with van der Waals surface area (Å²) in [5.74, 6) is 0.903.